The minimum Gasteiger partial charge on any atom is -0.365 e. The van der Waals surface area contributed by atoms with Gasteiger partial charge in [0, 0.05) is 13.1 Å². The zero-order valence-corrected chi connectivity index (χ0v) is 14.2. The molecule has 0 bridgehead atoms. The Morgan fingerprint density at radius 3 is 2.42 bits per heavy atom. The first kappa shape index (κ1) is 16.7. The molecule has 0 aromatic heterocycles. The molecule has 3 nitrogen and oxygen atoms in total. The minimum absolute atomic E-state index is 0.0279. The molecule has 0 radical (unpaired) electrons. The average Bonchev–Trinajstić information content (AvgIpc) is 2.63. The second-order valence-corrected chi connectivity index (χ2v) is 6.42. The molecule has 0 spiro atoms. The van der Waals surface area contributed by atoms with E-state index >= 15 is 0 Å². The summed E-state index contributed by atoms with van der Waals surface area (Å²) in [7, 11) is 0. The number of hydrogen-bond acceptors (Lipinski definition) is 3. The summed E-state index contributed by atoms with van der Waals surface area (Å²) < 4.78 is 6.56. The number of rotatable bonds is 5. The molecular formula is C21H24N2O. The van der Waals surface area contributed by atoms with Gasteiger partial charge in [0.05, 0.1) is 18.7 Å². The van der Waals surface area contributed by atoms with E-state index in [1.807, 2.05) is 6.07 Å². The zero-order valence-electron chi connectivity index (χ0n) is 14.2. The second-order valence-electron chi connectivity index (χ2n) is 6.42. The van der Waals surface area contributed by atoms with Crippen LogP contribution in [0.1, 0.15) is 35.6 Å². The zero-order chi connectivity index (χ0) is 16.8. The number of aryl methyl sites for hydroxylation is 1. The maximum absolute atomic E-state index is 8.83. The molecule has 0 saturated carbocycles. The molecule has 2 aromatic rings. The molecule has 2 aromatic carbocycles. The van der Waals surface area contributed by atoms with Crippen LogP contribution in [0.5, 0.6) is 0 Å². The third kappa shape index (κ3) is 4.03. The van der Waals surface area contributed by atoms with Gasteiger partial charge < -0.3 is 4.74 Å². The van der Waals surface area contributed by atoms with Crippen LogP contribution in [0.2, 0.25) is 0 Å². The lowest BCUT2D eigenvalue weighted by Crippen LogP contribution is -2.37. The molecule has 3 rings (SSSR count). The predicted octanol–water partition coefficient (Wildman–Crippen LogP) is 4.09. The van der Waals surface area contributed by atoms with Crippen molar-refractivity contribution in [3.63, 3.8) is 0 Å². The van der Waals surface area contributed by atoms with E-state index in [0.29, 0.717) is 6.54 Å². The van der Waals surface area contributed by atoms with Crippen LogP contribution in [0.4, 0.5) is 0 Å². The lowest BCUT2D eigenvalue weighted by molar-refractivity contribution is -0.0254. The summed E-state index contributed by atoms with van der Waals surface area (Å²) in [6.07, 6.45) is 2.18. The average molecular weight is 320 g/mol. The summed E-state index contributed by atoms with van der Waals surface area (Å²) in [4.78, 5) is 2.20. The van der Waals surface area contributed by atoms with Gasteiger partial charge in [0.1, 0.15) is 6.10 Å². The number of nitrogens with zero attached hydrogens (tertiary/aromatic N) is 2. The number of nitriles is 1. The number of likely N-dealkylation sites (tertiary alicyclic amines) is 1. The summed E-state index contributed by atoms with van der Waals surface area (Å²) >= 11 is 0. The normalized spacial score (nSPS) is 17.3. The minimum atomic E-state index is -0.0279. The summed E-state index contributed by atoms with van der Waals surface area (Å²) in [5.41, 5.74) is 3.70. The van der Waals surface area contributed by atoms with Gasteiger partial charge in [-0.2, -0.15) is 5.26 Å². The molecule has 0 aliphatic carbocycles. The Morgan fingerprint density at radius 2 is 1.75 bits per heavy atom. The first-order valence-electron chi connectivity index (χ1n) is 8.63. The van der Waals surface area contributed by atoms with E-state index in [1.165, 1.54) is 16.7 Å². The van der Waals surface area contributed by atoms with Gasteiger partial charge in [-0.15, -0.1) is 0 Å². The summed E-state index contributed by atoms with van der Waals surface area (Å²) in [5.74, 6) is 0. The van der Waals surface area contributed by atoms with Crippen LogP contribution in [-0.2, 0) is 4.74 Å². The predicted molar refractivity (Wildman–Crippen MR) is 95.6 cm³/mol. The highest BCUT2D eigenvalue weighted by Crippen LogP contribution is 2.31. The molecule has 1 saturated heterocycles. The van der Waals surface area contributed by atoms with E-state index < -0.39 is 0 Å². The number of ether oxygens (including phenoxy) is 1. The molecule has 1 heterocycles. The fraction of sp³-hybridized carbons (Fsp3) is 0.381. The van der Waals surface area contributed by atoms with E-state index in [0.717, 1.165) is 25.9 Å². The highest BCUT2D eigenvalue weighted by molar-refractivity contribution is 5.35. The van der Waals surface area contributed by atoms with Gasteiger partial charge in [0.2, 0.25) is 0 Å². The fourth-order valence-corrected chi connectivity index (χ4v) is 3.34. The van der Waals surface area contributed by atoms with E-state index in [2.05, 4.69) is 66.4 Å². The molecule has 1 aliphatic rings. The molecule has 124 valence electrons. The number of hydrogen-bond donors (Lipinski definition) is 0. The molecule has 0 amide bonds. The largest absolute Gasteiger partial charge is 0.365 e. The summed E-state index contributed by atoms with van der Waals surface area (Å²) in [6.45, 7) is 4.54. The molecule has 1 unspecified atom stereocenters. The van der Waals surface area contributed by atoms with Crippen LogP contribution in [0.3, 0.4) is 0 Å². The van der Waals surface area contributed by atoms with Gasteiger partial charge in [0.15, 0.2) is 0 Å². The molecule has 1 atom stereocenters. The first-order chi connectivity index (χ1) is 11.8. The van der Waals surface area contributed by atoms with Gasteiger partial charge >= 0.3 is 0 Å². The third-order valence-corrected chi connectivity index (χ3v) is 4.73. The Labute approximate surface area is 144 Å². The van der Waals surface area contributed by atoms with Crippen LogP contribution in [-0.4, -0.2) is 30.6 Å². The van der Waals surface area contributed by atoms with Crippen LogP contribution in [0, 0.1) is 18.3 Å². The second kappa shape index (κ2) is 8.10. The van der Waals surface area contributed by atoms with Crippen molar-refractivity contribution in [2.24, 2.45) is 0 Å². The topological polar surface area (TPSA) is 36.3 Å². The third-order valence-electron chi connectivity index (χ3n) is 4.73. The van der Waals surface area contributed by atoms with Crippen molar-refractivity contribution in [3.05, 3.63) is 71.3 Å². The molecule has 1 fully saturated rings. The lowest BCUT2D eigenvalue weighted by Gasteiger charge is -2.33. The molecule has 0 N–H and O–H groups in total. The molecule has 24 heavy (non-hydrogen) atoms. The molecular weight excluding hydrogens is 296 g/mol. The van der Waals surface area contributed by atoms with Crippen molar-refractivity contribution in [1.29, 1.82) is 5.26 Å². The maximum atomic E-state index is 8.83. The van der Waals surface area contributed by atoms with Gasteiger partial charge in [-0.25, -0.2) is 0 Å². The van der Waals surface area contributed by atoms with E-state index in [4.69, 9.17) is 10.00 Å². The standard InChI is InChI=1S/C21H24N2O/c1-17-7-5-6-10-20(17)21(18-8-3-2-4-9-18)24-19-11-14-23(15-12-19)16-13-22/h2-10,19,21H,11-12,14-16H2,1H3. The SMILES string of the molecule is Cc1ccccc1C(OC1CCN(CC#N)CC1)c1ccccc1. The smallest absolute Gasteiger partial charge is 0.108 e. The summed E-state index contributed by atoms with van der Waals surface area (Å²) in [6, 6.07) is 21.2. The highest BCUT2D eigenvalue weighted by atomic mass is 16.5. The Balaban J connectivity index is 1.77. The molecule has 1 aliphatic heterocycles. The van der Waals surface area contributed by atoms with Crippen LogP contribution in [0.25, 0.3) is 0 Å². The van der Waals surface area contributed by atoms with Crippen molar-refractivity contribution < 1.29 is 4.74 Å². The maximum Gasteiger partial charge on any atom is 0.108 e. The number of benzene rings is 2. The van der Waals surface area contributed by atoms with Crippen LogP contribution in [0.15, 0.2) is 54.6 Å². The Kier molecular flexibility index (Phi) is 5.63. The Morgan fingerprint density at radius 1 is 1.08 bits per heavy atom. The van der Waals surface area contributed by atoms with Crippen molar-refractivity contribution in [3.8, 4) is 6.07 Å². The van der Waals surface area contributed by atoms with Crippen molar-refractivity contribution in [2.75, 3.05) is 19.6 Å². The van der Waals surface area contributed by atoms with Gasteiger partial charge in [0.25, 0.3) is 0 Å². The van der Waals surface area contributed by atoms with E-state index in [-0.39, 0.29) is 12.2 Å². The van der Waals surface area contributed by atoms with Crippen molar-refractivity contribution >= 4 is 0 Å². The van der Waals surface area contributed by atoms with Crippen LogP contribution >= 0.6 is 0 Å². The Hall–Kier alpha value is -2.15. The lowest BCUT2D eigenvalue weighted by atomic mass is 9.96. The summed E-state index contributed by atoms with van der Waals surface area (Å²) in [5, 5.41) is 8.83. The Bertz CT molecular complexity index is 684. The van der Waals surface area contributed by atoms with E-state index in [9.17, 15) is 0 Å². The van der Waals surface area contributed by atoms with E-state index in [1.54, 1.807) is 0 Å². The van der Waals surface area contributed by atoms with Gasteiger partial charge in [-0.05, 0) is 36.5 Å². The highest BCUT2D eigenvalue weighted by Gasteiger charge is 2.25. The van der Waals surface area contributed by atoms with Gasteiger partial charge in [-0.3, -0.25) is 4.90 Å². The molecule has 3 heteroatoms. The van der Waals surface area contributed by atoms with Crippen molar-refractivity contribution in [2.45, 2.75) is 32.0 Å². The van der Waals surface area contributed by atoms with Crippen molar-refractivity contribution in [1.82, 2.24) is 4.90 Å². The first-order valence-corrected chi connectivity index (χ1v) is 8.63. The fourth-order valence-electron chi connectivity index (χ4n) is 3.34. The monoisotopic (exact) mass is 320 g/mol. The van der Waals surface area contributed by atoms with Gasteiger partial charge in [-0.1, -0.05) is 54.6 Å². The van der Waals surface area contributed by atoms with Crippen LogP contribution < -0.4 is 0 Å². The number of piperidine rings is 1. The quantitative estimate of drug-likeness (QED) is 0.779.